The molecule has 0 unspecified atom stereocenters. The van der Waals surface area contributed by atoms with Crippen LogP contribution in [0.5, 0.6) is 5.88 Å². The van der Waals surface area contributed by atoms with Crippen molar-refractivity contribution in [1.82, 2.24) is 10.2 Å². The van der Waals surface area contributed by atoms with E-state index >= 15 is 0 Å². The molecule has 3 aromatic rings. The van der Waals surface area contributed by atoms with Crippen LogP contribution in [0.25, 0.3) is 11.3 Å². The van der Waals surface area contributed by atoms with Gasteiger partial charge in [-0.05, 0) is 31.5 Å². The Kier molecular flexibility index (Phi) is 3.98. The highest BCUT2D eigenvalue weighted by Gasteiger charge is 2.36. The minimum atomic E-state index is -0.439. The number of benzene rings is 1. The van der Waals surface area contributed by atoms with Crippen LogP contribution in [0.4, 0.5) is 0 Å². The summed E-state index contributed by atoms with van der Waals surface area (Å²) in [7, 11) is 0. The number of fused-ring (bicyclic) bond motifs is 1. The number of nitriles is 1. The van der Waals surface area contributed by atoms with Crippen LogP contribution < -0.4 is 10.5 Å². The van der Waals surface area contributed by atoms with Crippen molar-refractivity contribution in [3.05, 3.63) is 67.7 Å². The van der Waals surface area contributed by atoms with Crippen molar-refractivity contribution in [2.24, 2.45) is 5.73 Å². The van der Waals surface area contributed by atoms with Crippen LogP contribution in [0.2, 0.25) is 5.02 Å². The maximum absolute atomic E-state index is 9.73. The fraction of sp³-hybridized carbons (Fsp3) is 0.158. The van der Waals surface area contributed by atoms with E-state index in [4.69, 9.17) is 22.1 Å². The zero-order valence-electron chi connectivity index (χ0n) is 14.1. The quantitative estimate of drug-likeness (QED) is 0.676. The molecule has 0 spiro atoms. The normalized spacial score (nSPS) is 16.2. The lowest BCUT2D eigenvalue weighted by Crippen LogP contribution is -2.21. The monoisotopic (exact) mass is 382 g/mol. The van der Waals surface area contributed by atoms with Gasteiger partial charge in [-0.25, -0.2) is 0 Å². The van der Waals surface area contributed by atoms with Gasteiger partial charge in [-0.2, -0.15) is 5.26 Å². The molecule has 3 N–H and O–H groups in total. The third-order valence-corrected chi connectivity index (χ3v) is 5.78. The molecule has 0 bridgehead atoms. The lowest BCUT2D eigenvalue weighted by atomic mass is 9.83. The maximum Gasteiger partial charge on any atom is 0.244 e. The van der Waals surface area contributed by atoms with Crippen LogP contribution in [0.1, 0.15) is 26.8 Å². The van der Waals surface area contributed by atoms with Crippen LogP contribution in [0.15, 0.2) is 41.8 Å². The van der Waals surface area contributed by atoms with Gasteiger partial charge in [0.2, 0.25) is 11.8 Å². The molecule has 3 heterocycles. The zero-order valence-corrected chi connectivity index (χ0v) is 15.7. The first-order chi connectivity index (χ1) is 12.5. The molecule has 26 heavy (non-hydrogen) atoms. The molecule has 0 saturated carbocycles. The van der Waals surface area contributed by atoms with Crippen LogP contribution in [-0.2, 0) is 0 Å². The van der Waals surface area contributed by atoms with E-state index in [9.17, 15) is 5.26 Å². The van der Waals surface area contributed by atoms with Gasteiger partial charge >= 0.3 is 0 Å². The van der Waals surface area contributed by atoms with E-state index in [1.54, 1.807) is 17.4 Å². The first-order valence-corrected chi connectivity index (χ1v) is 9.18. The highest BCUT2D eigenvalue weighted by atomic mass is 35.5. The topological polar surface area (TPSA) is 87.7 Å². The molecule has 1 aliphatic heterocycles. The predicted octanol–water partition coefficient (Wildman–Crippen LogP) is 4.63. The van der Waals surface area contributed by atoms with Gasteiger partial charge in [-0.15, -0.1) is 16.4 Å². The second kappa shape index (κ2) is 6.20. The Bertz CT molecular complexity index is 1090. The number of halogens is 1. The Morgan fingerprint density at radius 3 is 2.77 bits per heavy atom. The van der Waals surface area contributed by atoms with Gasteiger partial charge in [0, 0.05) is 20.3 Å². The van der Waals surface area contributed by atoms with Gasteiger partial charge in [0.15, 0.2) is 0 Å². The second-order valence-corrected chi connectivity index (χ2v) is 7.96. The molecule has 0 radical (unpaired) electrons. The van der Waals surface area contributed by atoms with Gasteiger partial charge in [-0.3, -0.25) is 5.10 Å². The number of allylic oxidation sites excluding steroid dienone is 1. The third kappa shape index (κ3) is 2.48. The Morgan fingerprint density at radius 1 is 1.35 bits per heavy atom. The largest absolute Gasteiger partial charge is 0.420 e. The standard InChI is InChI=1S/C19H15ClN4OS/c1-9-7-12(10(2)26-9)17-16-15(11-5-3-4-6-14(11)20)13(8-21)18(22)25-19(16)24-23-17/h3-7,15H,22H2,1-2H3,(H,23,24)/t15-/m1/s1. The smallest absolute Gasteiger partial charge is 0.244 e. The zero-order chi connectivity index (χ0) is 18.4. The van der Waals surface area contributed by atoms with E-state index in [1.165, 1.54) is 4.88 Å². The SMILES string of the molecule is Cc1cc(-c2[nH]nc3c2[C@H](c2ccccc2Cl)C(C#N)=C(N)O3)c(C)s1. The number of aromatic amines is 1. The molecule has 1 aliphatic rings. The summed E-state index contributed by atoms with van der Waals surface area (Å²) in [6, 6.07) is 11.7. The lowest BCUT2D eigenvalue weighted by Gasteiger charge is -2.24. The minimum absolute atomic E-state index is 0.0567. The molecular formula is C19H15ClN4OS. The average Bonchev–Trinajstić information content (AvgIpc) is 3.16. The Labute approximate surface area is 159 Å². The average molecular weight is 383 g/mol. The molecule has 1 atom stereocenters. The molecule has 1 aromatic carbocycles. The summed E-state index contributed by atoms with van der Waals surface area (Å²) in [4.78, 5) is 2.36. The fourth-order valence-electron chi connectivity index (χ4n) is 3.35. The summed E-state index contributed by atoms with van der Waals surface area (Å²) in [5.41, 5.74) is 9.78. The second-order valence-electron chi connectivity index (χ2n) is 6.09. The van der Waals surface area contributed by atoms with Gasteiger partial charge in [0.25, 0.3) is 0 Å². The number of hydrogen-bond acceptors (Lipinski definition) is 5. The van der Waals surface area contributed by atoms with E-state index in [0.717, 1.165) is 27.3 Å². The predicted molar refractivity (Wildman–Crippen MR) is 102 cm³/mol. The fourth-order valence-corrected chi connectivity index (χ4v) is 4.53. The van der Waals surface area contributed by atoms with Crippen LogP contribution in [0.3, 0.4) is 0 Å². The Balaban J connectivity index is 2.00. The van der Waals surface area contributed by atoms with Gasteiger partial charge < -0.3 is 10.5 Å². The molecule has 0 saturated heterocycles. The van der Waals surface area contributed by atoms with Gasteiger partial charge in [-0.1, -0.05) is 29.8 Å². The van der Waals surface area contributed by atoms with Crippen LogP contribution >= 0.6 is 22.9 Å². The minimum Gasteiger partial charge on any atom is -0.420 e. The van der Waals surface area contributed by atoms with E-state index in [-0.39, 0.29) is 5.88 Å². The molecule has 4 rings (SSSR count). The summed E-state index contributed by atoms with van der Waals surface area (Å²) in [6.07, 6.45) is 0. The van der Waals surface area contributed by atoms with Crippen LogP contribution in [0, 0.1) is 25.2 Å². The summed E-state index contributed by atoms with van der Waals surface area (Å²) >= 11 is 8.16. The third-order valence-electron chi connectivity index (χ3n) is 4.47. The van der Waals surface area contributed by atoms with E-state index < -0.39 is 5.92 Å². The lowest BCUT2D eigenvalue weighted by molar-refractivity contribution is 0.379. The van der Waals surface area contributed by atoms with Crippen molar-refractivity contribution in [2.75, 3.05) is 0 Å². The number of rotatable bonds is 2. The van der Waals surface area contributed by atoms with Crippen molar-refractivity contribution in [3.63, 3.8) is 0 Å². The first kappa shape index (κ1) is 16.7. The number of aromatic nitrogens is 2. The van der Waals surface area contributed by atoms with Gasteiger partial charge in [0.1, 0.15) is 11.6 Å². The van der Waals surface area contributed by atoms with Crippen molar-refractivity contribution < 1.29 is 4.74 Å². The number of hydrogen-bond donors (Lipinski definition) is 2. The number of H-pyrrole nitrogens is 1. The molecular weight excluding hydrogens is 368 g/mol. The summed E-state index contributed by atoms with van der Waals surface area (Å²) in [5.74, 6) is -0.00308. The van der Waals surface area contributed by atoms with E-state index in [0.29, 0.717) is 16.5 Å². The summed E-state index contributed by atoms with van der Waals surface area (Å²) in [5, 5.41) is 17.7. The molecule has 2 aromatic heterocycles. The number of thiophene rings is 1. The van der Waals surface area contributed by atoms with Crippen molar-refractivity contribution >= 4 is 22.9 Å². The molecule has 0 amide bonds. The molecule has 5 nitrogen and oxygen atoms in total. The van der Waals surface area contributed by atoms with Crippen molar-refractivity contribution in [2.45, 2.75) is 19.8 Å². The van der Waals surface area contributed by atoms with Gasteiger partial charge in [0.05, 0.1) is 17.2 Å². The highest BCUT2D eigenvalue weighted by molar-refractivity contribution is 7.12. The number of aryl methyl sites for hydroxylation is 2. The number of nitrogens with one attached hydrogen (secondary N) is 1. The van der Waals surface area contributed by atoms with Crippen molar-refractivity contribution in [3.8, 4) is 23.2 Å². The Hall–Kier alpha value is -2.75. The maximum atomic E-state index is 9.73. The van der Waals surface area contributed by atoms with Crippen LogP contribution in [-0.4, -0.2) is 10.2 Å². The highest BCUT2D eigenvalue weighted by Crippen LogP contribution is 2.48. The number of nitrogens with two attached hydrogens (primary N) is 1. The summed E-state index contributed by atoms with van der Waals surface area (Å²) in [6.45, 7) is 4.12. The molecule has 0 fully saturated rings. The Morgan fingerprint density at radius 2 is 2.12 bits per heavy atom. The number of nitrogens with zero attached hydrogens (tertiary/aromatic N) is 2. The van der Waals surface area contributed by atoms with E-state index in [1.807, 2.05) is 18.2 Å². The van der Waals surface area contributed by atoms with E-state index in [2.05, 4.69) is 36.2 Å². The molecule has 130 valence electrons. The first-order valence-electron chi connectivity index (χ1n) is 7.99. The van der Waals surface area contributed by atoms with Crippen molar-refractivity contribution in [1.29, 1.82) is 5.26 Å². The molecule has 7 heteroatoms. The molecule has 0 aliphatic carbocycles. The number of ether oxygens (including phenoxy) is 1. The summed E-state index contributed by atoms with van der Waals surface area (Å²) < 4.78 is 5.63.